The van der Waals surface area contributed by atoms with E-state index in [9.17, 15) is 4.79 Å². The number of hydrogen-bond acceptors (Lipinski definition) is 5. The minimum absolute atomic E-state index is 0. The molecule has 8 nitrogen and oxygen atoms in total. The van der Waals surface area contributed by atoms with Gasteiger partial charge in [0.2, 0.25) is 5.91 Å². The van der Waals surface area contributed by atoms with Gasteiger partial charge in [0.25, 0.3) is 0 Å². The van der Waals surface area contributed by atoms with Gasteiger partial charge in [-0.1, -0.05) is 0 Å². The zero-order valence-corrected chi connectivity index (χ0v) is 16.9. The lowest BCUT2D eigenvalue weighted by molar-refractivity contribution is -0.115. The van der Waals surface area contributed by atoms with Crippen LogP contribution in [0.25, 0.3) is 11.4 Å². The number of nitrogens with two attached hydrogens (primary N) is 1. The number of amides is 1. The van der Waals surface area contributed by atoms with Crippen LogP contribution in [-0.4, -0.2) is 30.9 Å². The van der Waals surface area contributed by atoms with E-state index >= 15 is 0 Å². The van der Waals surface area contributed by atoms with Crippen molar-refractivity contribution in [3.05, 3.63) is 47.0 Å². The molecule has 0 bridgehead atoms. The fourth-order valence-electron chi connectivity index (χ4n) is 2.66. The number of benzene rings is 1. The third kappa shape index (κ3) is 5.06. The smallest absolute Gasteiger partial charge is 0.228 e. The second-order valence-electron chi connectivity index (χ2n) is 5.89. The second kappa shape index (κ2) is 9.50. The minimum atomic E-state index is -0.0738. The Labute approximate surface area is 169 Å². The zero-order valence-electron chi connectivity index (χ0n) is 15.3. The van der Waals surface area contributed by atoms with Crippen LogP contribution in [0.2, 0.25) is 0 Å². The van der Waals surface area contributed by atoms with Crippen LogP contribution < -0.4 is 11.1 Å². The molecule has 2 heterocycles. The number of aromatic amines is 1. The molecule has 2 aromatic heterocycles. The summed E-state index contributed by atoms with van der Waals surface area (Å²) in [6.45, 7) is 4.19. The Hall–Kier alpha value is -2.42. The third-order valence-electron chi connectivity index (χ3n) is 4.15. The molecule has 146 valence electrons. The van der Waals surface area contributed by atoms with Gasteiger partial charge in [-0.05, 0) is 38.1 Å². The van der Waals surface area contributed by atoms with Gasteiger partial charge in [0.15, 0.2) is 5.82 Å². The fraction of sp³-hybridized carbons (Fsp3) is 0.294. The van der Waals surface area contributed by atoms with Gasteiger partial charge in [-0.15, -0.1) is 24.8 Å². The number of aryl methyl sites for hydroxylation is 2. The lowest BCUT2D eigenvalue weighted by Crippen LogP contribution is -2.15. The van der Waals surface area contributed by atoms with Crippen molar-refractivity contribution in [2.24, 2.45) is 12.8 Å². The molecule has 1 amide bonds. The van der Waals surface area contributed by atoms with Gasteiger partial charge in [0.05, 0.1) is 18.7 Å². The van der Waals surface area contributed by atoms with Crippen LogP contribution in [0.4, 0.5) is 5.69 Å². The largest absolute Gasteiger partial charge is 0.326 e. The van der Waals surface area contributed by atoms with Crippen LogP contribution in [0, 0.1) is 13.8 Å². The van der Waals surface area contributed by atoms with Crippen LogP contribution in [0.1, 0.15) is 22.8 Å². The summed E-state index contributed by atoms with van der Waals surface area (Å²) >= 11 is 0. The molecule has 1 aromatic carbocycles. The molecule has 0 unspecified atom stereocenters. The molecule has 0 aliphatic rings. The monoisotopic (exact) mass is 411 g/mol. The van der Waals surface area contributed by atoms with E-state index in [0.717, 1.165) is 28.2 Å². The van der Waals surface area contributed by atoms with Gasteiger partial charge in [-0.2, -0.15) is 10.2 Å². The molecule has 0 saturated heterocycles. The normalized spacial score (nSPS) is 10.1. The van der Waals surface area contributed by atoms with Crippen LogP contribution in [0.5, 0.6) is 0 Å². The lowest BCUT2D eigenvalue weighted by atomic mass is 10.1. The SMILES string of the molecule is Cc1nn(C)c(C)c1CC(=O)Nc1ccc(-c2n[nH]c(CN)n2)cc1.Cl.Cl. The maximum absolute atomic E-state index is 12.3. The summed E-state index contributed by atoms with van der Waals surface area (Å²) in [5.41, 5.74) is 9.95. The quantitative estimate of drug-likeness (QED) is 0.595. The molecular formula is C17H23Cl2N7O. The number of rotatable bonds is 5. The summed E-state index contributed by atoms with van der Waals surface area (Å²) in [6, 6.07) is 7.38. The molecule has 3 rings (SSSR count). The van der Waals surface area contributed by atoms with Crippen molar-refractivity contribution in [1.29, 1.82) is 0 Å². The van der Waals surface area contributed by atoms with Crippen molar-refractivity contribution in [1.82, 2.24) is 25.0 Å². The Morgan fingerprint density at radius 3 is 2.41 bits per heavy atom. The first-order valence-corrected chi connectivity index (χ1v) is 7.98. The molecule has 0 saturated carbocycles. The van der Waals surface area contributed by atoms with E-state index in [0.29, 0.717) is 24.6 Å². The highest BCUT2D eigenvalue weighted by atomic mass is 35.5. The topological polar surface area (TPSA) is 115 Å². The maximum atomic E-state index is 12.3. The second-order valence-corrected chi connectivity index (χ2v) is 5.89. The highest BCUT2D eigenvalue weighted by molar-refractivity contribution is 5.92. The van der Waals surface area contributed by atoms with E-state index < -0.39 is 0 Å². The van der Waals surface area contributed by atoms with E-state index in [1.54, 1.807) is 4.68 Å². The number of nitrogens with one attached hydrogen (secondary N) is 2. The maximum Gasteiger partial charge on any atom is 0.228 e. The number of H-pyrrole nitrogens is 1. The number of hydrogen-bond donors (Lipinski definition) is 3. The van der Waals surface area contributed by atoms with Crippen molar-refractivity contribution in [3.63, 3.8) is 0 Å². The molecule has 0 atom stereocenters. The average Bonchev–Trinajstić information content (AvgIpc) is 3.16. The van der Waals surface area contributed by atoms with Crippen molar-refractivity contribution in [2.45, 2.75) is 26.8 Å². The summed E-state index contributed by atoms with van der Waals surface area (Å²) in [5.74, 6) is 1.14. The first-order chi connectivity index (χ1) is 12.0. The highest BCUT2D eigenvalue weighted by Crippen LogP contribution is 2.19. The molecule has 0 fully saturated rings. The fourth-order valence-corrected chi connectivity index (χ4v) is 2.66. The Morgan fingerprint density at radius 2 is 1.89 bits per heavy atom. The van der Waals surface area contributed by atoms with Crippen molar-refractivity contribution < 1.29 is 4.79 Å². The van der Waals surface area contributed by atoms with Crippen molar-refractivity contribution >= 4 is 36.4 Å². The molecular weight excluding hydrogens is 389 g/mol. The molecule has 10 heteroatoms. The molecule has 27 heavy (non-hydrogen) atoms. The summed E-state index contributed by atoms with van der Waals surface area (Å²) in [7, 11) is 1.88. The van der Waals surface area contributed by atoms with Crippen molar-refractivity contribution in [2.75, 3.05) is 5.32 Å². The van der Waals surface area contributed by atoms with Gasteiger partial charge in [-0.25, -0.2) is 4.98 Å². The Balaban J connectivity index is 0.00000182. The van der Waals surface area contributed by atoms with E-state index in [-0.39, 0.29) is 30.7 Å². The Kier molecular flexibility index (Phi) is 7.96. The summed E-state index contributed by atoms with van der Waals surface area (Å²) in [5, 5.41) is 14.1. The summed E-state index contributed by atoms with van der Waals surface area (Å²) < 4.78 is 1.79. The highest BCUT2D eigenvalue weighted by Gasteiger charge is 2.14. The van der Waals surface area contributed by atoms with Gasteiger partial charge < -0.3 is 11.1 Å². The molecule has 0 aliphatic heterocycles. The third-order valence-corrected chi connectivity index (χ3v) is 4.15. The van der Waals surface area contributed by atoms with E-state index in [2.05, 4.69) is 25.6 Å². The first kappa shape index (κ1) is 22.6. The number of halogens is 2. The van der Waals surface area contributed by atoms with Gasteiger partial charge in [0, 0.05) is 29.6 Å². The molecule has 3 aromatic rings. The number of carbonyl (C=O) groups is 1. The van der Waals surface area contributed by atoms with E-state index in [1.807, 2.05) is 45.2 Å². The molecule has 0 radical (unpaired) electrons. The zero-order chi connectivity index (χ0) is 18.0. The van der Waals surface area contributed by atoms with Gasteiger partial charge in [-0.3, -0.25) is 14.6 Å². The van der Waals surface area contributed by atoms with E-state index in [1.165, 1.54) is 0 Å². The van der Waals surface area contributed by atoms with Gasteiger partial charge in [0.1, 0.15) is 5.82 Å². The predicted molar refractivity (Wildman–Crippen MR) is 109 cm³/mol. The van der Waals surface area contributed by atoms with Gasteiger partial charge >= 0.3 is 0 Å². The number of aromatic nitrogens is 5. The van der Waals surface area contributed by atoms with E-state index in [4.69, 9.17) is 5.73 Å². The molecule has 0 spiro atoms. The lowest BCUT2D eigenvalue weighted by Gasteiger charge is -2.06. The first-order valence-electron chi connectivity index (χ1n) is 7.98. The standard InChI is InChI=1S/C17H21N7O.2ClH/c1-10-14(11(2)24(3)23-10)8-16(25)19-13-6-4-12(5-7-13)17-20-15(9-18)21-22-17;;/h4-7H,8-9,18H2,1-3H3,(H,19,25)(H,20,21,22);2*1H. The Bertz CT molecular complexity index is 903. The van der Waals surface area contributed by atoms with Crippen LogP contribution in [0.15, 0.2) is 24.3 Å². The number of anilines is 1. The van der Waals surface area contributed by atoms with Crippen LogP contribution in [-0.2, 0) is 24.8 Å². The Morgan fingerprint density at radius 1 is 1.22 bits per heavy atom. The average molecular weight is 412 g/mol. The number of carbonyl (C=O) groups excluding carboxylic acids is 1. The summed E-state index contributed by atoms with van der Waals surface area (Å²) in [6.07, 6.45) is 0.300. The van der Waals surface area contributed by atoms with Crippen molar-refractivity contribution in [3.8, 4) is 11.4 Å². The number of nitrogens with zero attached hydrogens (tertiary/aromatic N) is 4. The predicted octanol–water partition coefficient (Wildman–Crippen LogP) is 2.31. The summed E-state index contributed by atoms with van der Waals surface area (Å²) in [4.78, 5) is 16.6. The minimum Gasteiger partial charge on any atom is -0.326 e. The van der Waals surface area contributed by atoms with Crippen LogP contribution in [0.3, 0.4) is 0 Å². The molecule has 4 N–H and O–H groups in total. The van der Waals surface area contributed by atoms with Crippen LogP contribution >= 0.6 is 24.8 Å². The molecule has 0 aliphatic carbocycles.